The van der Waals surface area contributed by atoms with Gasteiger partial charge in [0.05, 0.1) is 6.16 Å². The lowest BCUT2D eigenvalue weighted by molar-refractivity contribution is -0.121. The normalized spacial score (nSPS) is 12.8. The smallest absolute Gasteiger partial charge is 0.327 e. The molecule has 7 heteroatoms. The van der Waals surface area contributed by atoms with E-state index in [1.54, 1.807) is 0 Å². The Hall–Kier alpha value is -0.690. The van der Waals surface area contributed by atoms with Gasteiger partial charge in [-0.3, -0.25) is 9.36 Å². The third-order valence-electron chi connectivity index (χ3n) is 5.63. The van der Waals surface area contributed by atoms with Crippen LogP contribution in [0.2, 0.25) is 0 Å². The van der Waals surface area contributed by atoms with Crippen molar-refractivity contribution in [1.82, 2.24) is 5.32 Å². The van der Waals surface area contributed by atoms with Crippen molar-refractivity contribution in [2.75, 3.05) is 6.16 Å². The molecule has 33 heavy (non-hydrogen) atoms. The second-order valence-electron chi connectivity index (χ2n) is 8.92. The van der Waals surface area contributed by atoms with Gasteiger partial charge in [-0.2, -0.15) is 0 Å². The SMILES string of the molecule is CCCCCCCC/C=C\CCCCCCC(=O)N[C@H](Cc1ccc(I)cc1)CP(=O)(O)O. The van der Waals surface area contributed by atoms with Crippen LogP contribution >= 0.6 is 30.2 Å². The summed E-state index contributed by atoms with van der Waals surface area (Å²) in [7, 11) is -4.21. The highest BCUT2D eigenvalue weighted by Crippen LogP contribution is 2.35. The Labute approximate surface area is 214 Å². The number of nitrogens with one attached hydrogen (secondary N) is 1. The van der Waals surface area contributed by atoms with E-state index in [-0.39, 0.29) is 12.1 Å². The van der Waals surface area contributed by atoms with Crippen LogP contribution < -0.4 is 5.32 Å². The first-order chi connectivity index (χ1) is 15.8. The Bertz CT molecular complexity index is 718. The molecule has 0 aliphatic carbocycles. The summed E-state index contributed by atoms with van der Waals surface area (Å²) in [6.45, 7) is 2.25. The predicted molar refractivity (Wildman–Crippen MR) is 147 cm³/mol. The minimum absolute atomic E-state index is 0.127. The Morgan fingerprint density at radius 1 is 0.939 bits per heavy atom. The van der Waals surface area contributed by atoms with Gasteiger partial charge in [0.15, 0.2) is 0 Å². The topological polar surface area (TPSA) is 86.6 Å². The highest BCUT2D eigenvalue weighted by atomic mass is 127. The molecule has 0 heterocycles. The Morgan fingerprint density at radius 3 is 2.06 bits per heavy atom. The monoisotopic (exact) mass is 591 g/mol. The fraction of sp³-hybridized carbons (Fsp3) is 0.654. The summed E-state index contributed by atoms with van der Waals surface area (Å²) in [6.07, 6.45) is 19.4. The Kier molecular flexibility index (Phi) is 17.1. The molecule has 0 radical (unpaired) electrons. The molecule has 1 aromatic carbocycles. The summed E-state index contributed by atoms with van der Waals surface area (Å²) in [5.74, 6) is -0.127. The quantitative estimate of drug-likeness (QED) is 0.0691. The van der Waals surface area contributed by atoms with Crippen LogP contribution in [0.5, 0.6) is 0 Å². The molecule has 3 N–H and O–H groups in total. The van der Waals surface area contributed by atoms with Crippen LogP contribution in [0.4, 0.5) is 0 Å². The summed E-state index contributed by atoms with van der Waals surface area (Å²) >= 11 is 2.21. The van der Waals surface area contributed by atoms with Crippen LogP contribution in [0, 0.1) is 3.57 Å². The summed E-state index contributed by atoms with van der Waals surface area (Å²) in [4.78, 5) is 31.1. The summed E-state index contributed by atoms with van der Waals surface area (Å²) < 4.78 is 12.6. The number of allylic oxidation sites excluding steroid dienone is 2. The first kappa shape index (κ1) is 30.3. The van der Waals surface area contributed by atoms with Gasteiger partial charge in [0.2, 0.25) is 5.91 Å². The van der Waals surface area contributed by atoms with Gasteiger partial charge in [-0.1, -0.05) is 76.2 Å². The van der Waals surface area contributed by atoms with Crippen molar-refractivity contribution in [2.45, 2.75) is 103 Å². The molecule has 1 atom stereocenters. The second-order valence-corrected chi connectivity index (χ2v) is 11.9. The summed E-state index contributed by atoms with van der Waals surface area (Å²) in [6, 6.07) is 7.22. The molecule has 188 valence electrons. The summed E-state index contributed by atoms with van der Waals surface area (Å²) in [5.41, 5.74) is 0.957. The Balaban J connectivity index is 2.17. The number of amides is 1. The zero-order chi connectivity index (χ0) is 24.4. The van der Waals surface area contributed by atoms with E-state index in [2.05, 4.69) is 47.0 Å². The van der Waals surface area contributed by atoms with Crippen molar-refractivity contribution in [3.63, 3.8) is 0 Å². The van der Waals surface area contributed by atoms with Gasteiger partial charge in [0.1, 0.15) is 0 Å². The van der Waals surface area contributed by atoms with E-state index in [0.29, 0.717) is 12.8 Å². The number of hydrogen-bond donors (Lipinski definition) is 3. The van der Waals surface area contributed by atoms with Crippen molar-refractivity contribution in [1.29, 1.82) is 0 Å². The van der Waals surface area contributed by atoms with Gasteiger partial charge in [0.25, 0.3) is 0 Å². The van der Waals surface area contributed by atoms with E-state index in [1.807, 2.05) is 24.3 Å². The highest BCUT2D eigenvalue weighted by molar-refractivity contribution is 14.1. The van der Waals surface area contributed by atoms with E-state index >= 15 is 0 Å². The molecule has 0 bridgehead atoms. The maximum Gasteiger partial charge on any atom is 0.327 e. The van der Waals surface area contributed by atoms with Crippen LogP contribution in [-0.2, 0) is 15.8 Å². The minimum Gasteiger partial charge on any atom is -0.352 e. The lowest BCUT2D eigenvalue weighted by Crippen LogP contribution is -2.39. The average molecular weight is 592 g/mol. The number of carbonyl (C=O) groups excluding carboxylic acids is 1. The van der Waals surface area contributed by atoms with Gasteiger partial charge >= 0.3 is 7.60 Å². The van der Waals surface area contributed by atoms with E-state index < -0.39 is 13.6 Å². The van der Waals surface area contributed by atoms with Crippen LogP contribution in [0.1, 0.15) is 96.0 Å². The number of benzene rings is 1. The lowest BCUT2D eigenvalue weighted by atomic mass is 10.1. The van der Waals surface area contributed by atoms with Gasteiger partial charge in [0, 0.05) is 16.0 Å². The van der Waals surface area contributed by atoms with Crippen molar-refractivity contribution >= 4 is 36.1 Å². The molecule has 0 fully saturated rings. The molecule has 1 aromatic rings. The average Bonchev–Trinajstić information content (AvgIpc) is 2.74. The number of hydrogen-bond acceptors (Lipinski definition) is 2. The van der Waals surface area contributed by atoms with E-state index in [0.717, 1.165) is 41.2 Å². The highest BCUT2D eigenvalue weighted by Gasteiger charge is 2.23. The first-order valence-corrected chi connectivity index (χ1v) is 15.4. The van der Waals surface area contributed by atoms with Crippen molar-refractivity contribution < 1.29 is 19.1 Å². The van der Waals surface area contributed by atoms with E-state index in [1.165, 1.54) is 44.9 Å². The van der Waals surface area contributed by atoms with E-state index in [9.17, 15) is 19.1 Å². The third-order valence-corrected chi connectivity index (χ3v) is 7.27. The first-order valence-electron chi connectivity index (χ1n) is 12.5. The molecule has 0 aliphatic rings. The fourth-order valence-corrected chi connectivity index (χ4v) is 4.99. The lowest BCUT2D eigenvalue weighted by Gasteiger charge is -2.19. The maximum atomic E-state index is 12.3. The molecule has 1 amide bonds. The van der Waals surface area contributed by atoms with Crippen molar-refractivity contribution in [3.8, 4) is 0 Å². The molecular weight excluding hydrogens is 548 g/mol. The third kappa shape index (κ3) is 18.3. The number of halogens is 1. The number of unbranched alkanes of at least 4 members (excludes halogenated alkanes) is 10. The number of carbonyl (C=O) groups is 1. The zero-order valence-corrected chi connectivity index (χ0v) is 23.2. The largest absolute Gasteiger partial charge is 0.352 e. The number of rotatable bonds is 19. The molecule has 0 unspecified atom stereocenters. The van der Waals surface area contributed by atoms with Gasteiger partial charge in [-0.15, -0.1) is 0 Å². The molecule has 0 aromatic heterocycles. The second kappa shape index (κ2) is 18.6. The molecular formula is C26H43INO4P. The van der Waals surface area contributed by atoms with Gasteiger partial charge in [-0.25, -0.2) is 0 Å². The molecule has 0 aliphatic heterocycles. The zero-order valence-electron chi connectivity index (χ0n) is 20.2. The Morgan fingerprint density at radius 2 is 1.48 bits per heavy atom. The predicted octanol–water partition coefficient (Wildman–Crippen LogP) is 7.14. The van der Waals surface area contributed by atoms with Crippen LogP contribution in [0.15, 0.2) is 36.4 Å². The van der Waals surface area contributed by atoms with Crippen molar-refractivity contribution in [3.05, 3.63) is 45.6 Å². The summed E-state index contributed by atoms with van der Waals surface area (Å²) in [5, 5.41) is 2.84. The van der Waals surface area contributed by atoms with Crippen molar-refractivity contribution in [2.24, 2.45) is 0 Å². The van der Waals surface area contributed by atoms with E-state index in [4.69, 9.17) is 0 Å². The van der Waals surface area contributed by atoms with Gasteiger partial charge < -0.3 is 15.1 Å². The van der Waals surface area contributed by atoms with Gasteiger partial charge in [-0.05, 0) is 78.8 Å². The molecule has 0 saturated heterocycles. The molecule has 0 saturated carbocycles. The maximum absolute atomic E-state index is 12.3. The molecule has 0 spiro atoms. The van der Waals surface area contributed by atoms with Crippen LogP contribution in [-0.4, -0.2) is 27.9 Å². The molecule has 5 nitrogen and oxygen atoms in total. The molecule has 1 rings (SSSR count). The standard InChI is InChI=1S/C26H43INO4P/c1-2-3-4-5-6-7-8-9-10-11-12-13-14-15-16-26(29)28-25(22-33(30,31)32)21-23-17-19-24(27)20-18-23/h9-10,17-20,25H,2-8,11-16,21-22H2,1H3,(H,28,29)(H2,30,31,32)/b10-9-/t25-/m1/s1. The minimum atomic E-state index is -4.21. The van der Waals surface area contributed by atoms with Crippen LogP contribution in [0.3, 0.4) is 0 Å². The van der Waals surface area contributed by atoms with Crippen LogP contribution in [0.25, 0.3) is 0 Å². The fourth-order valence-electron chi connectivity index (χ4n) is 3.83.